The van der Waals surface area contributed by atoms with E-state index in [4.69, 9.17) is 5.73 Å². The van der Waals surface area contributed by atoms with Gasteiger partial charge in [-0.2, -0.15) is 0 Å². The van der Waals surface area contributed by atoms with Crippen LogP contribution in [-0.2, 0) is 14.4 Å². The molecule has 2 amide bonds. The van der Waals surface area contributed by atoms with Gasteiger partial charge in [0.2, 0.25) is 11.8 Å². The molecule has 1 fully saturated rings. The Kier molecular flexibility index (Phi) is 8.66. The van der Waals surface area contributed by atoms with Crippen LogP contribution in [0.25, 0.3) is 0 Å². The molecule has 9 heteroatoms. The average Bonchev–Trinajstić information content (AvgIpc) is 3.05. The SMILES string of the molecule is C[C@@H](O)[C@H](NC(=O)[C@@H]1CCCN1)C(=O)N[C@@H](CCCCN)C(=O)O. The highest BCUT2D eigenvalue weighted by Gasteiger charge is 2.32. The number of carbonyl (C=O) groups is 3. The maximum atomic E-state index is 12.3. The van der Waals surface area contributed by atoms with Crippen LogP contribution in [0.15, 0.2) is 0 Å². The summed E-state index contributed by atoms with van der Waals surface area (Å²) < 4.78 is 0. The number of unbranched alkanes of at least 4 members (excludes halogenated alkanes) is 1. The number of hydrogen-bond donors (Lipinski definition) is 6. The van der Waals surface area contributed by atoms with Crippen molar-refractivity contribution in [2.24, 2.45) is 5.73 Å². The number of rotatable bonds is 10. The molecule has 0 aromatic carbocycles. The number of aliphatic hydroxyl groups excluding tert-OH is 1. The lowest BCUT2D eigenvalue weighted by Crippen LogP contribution is -2.58. The fourth-order valence-corrected chi connectivity index (χ4v) is 2.58. The van der Waals surface area contributed by atoms with Gasteiger partial charge in [0.15, 0.2) is 0 Å². The molecule has 0 aliphatic carbocycles. The lowest BCUT2D eigenvalue weighted by atomic mass is 10.1. The fourth-order valence-electron chi connectivity index (χ4n) is 2.58. The van der Waals surface area contributed by atoms with Crippen LogP contribution in [0.5, 0.6) is 0 Å². The normalized spacial score (nSPS) is 20.9. The molecule has 0 saturated carbocycles. The molecule has 0 spiro atoms. The Balaban J connectivity index is 2.63. The van der Waals surface area contributed by atoms with Crippen molar-refractivity contribution in [3.8, 4) is 0 Å². The fraction of sp³-hybridized carbons (Fsp3) is 0.800. The van der Waals surface area contributed by atoms with Gasteiger partial charge in [-0.05, 0) is 52.1 Å². The monoisotopic (exact) mass is 344 g/mol. The van der Waals surface area contributed by atoms with Crippen LogP contribution in [0.4, 0.5) is 0 Å². The van der Waals surface area contributed by atoms with Crippen molar-refractivity contribution < 1.29 is 24.6 Å². The minimum atomic E-state index is -1.20. The van der Waals surface area contributed by atoms with Crippen LogP contribution in [-0.4, -0.2) is 65.3 Å². The number of aliphatic carboxylic acids is 1. The zero-order valence-electron chi connectivity index (χ0n) is 14.0. The van der Waals surface area contributed by atoms with E-state index in [0.717, 1.165) is 13.0 Å². The lowest BCUT2D eigenvalue weighted by molar-refractivity contribution is -0.143. The second kappa shape index (κ2) is 10.2. The molecular formula is C15H28N4O5. The van der Waals surface area contributed by atoms with Gasteiger partial charge in [0.1, 0.15) is 12.1 Å². The minimum Gasteiger partial charge on any atom is -0.480 e. The predicted molar refractivity (Wildman–Crippen MR) is 87.1 cm³/mol. The number of hydrogen-bond acceptors (Lipinski definition) is 6. The van der Waals surface area contributed by atoms with E-state index in [1.807, 2.05) is 0 Å². The van der Waals surface area contributed by atoms with E-state index in [1.54, 1.807) is 0 Å². The molecule has 0 unspecified atom stereocenters. The van der Waals surface area contributed by atoms with Crippen molar-refractivity contribution >= 4 is 17.8 Å². The van der Waals surface area contributed by atoms with Gasteiger partial charge >= 0.3 is 5.97 Å². The molecule has 1 aliphatic heterocycles. The van der Waals surface area contributed by atoms with Crippen molar-refractivity contribution in [3.63, 3.8) is 0 Å². The summed E-state index contributed by atoms with van der Waals surface area (Å²) in [6.07, 6.45) is 1.84. The summed E-state index contributed by atoms with van der Waals surface area (Å²) in [4.78, 5) is 35.6. The molecule has 138 valence electrons. The molecule has 0 aromatic rings. The Bertz CT molecular complexity index is 438. The Morgan fingerprint density at radius 2 is 2.00 bits per heavy atom. The number of amides is 2. The molecule has 1 heterocycles. The van der Waals surface area contributed by atoms with E-state index in [0.29, 0.717) is 25.8 Å². The van der Waals surface area contributed by atoms with Crippen LogP contribution in [0.1, 0.15) is 39.0 Å². The molecule has 1 aliphatic rings. The molecule has 24 heavy (non-hydrogen) atoms. The van der Waals surface area contributed by atoms with Gasteiger partial charge in [-0.3, -0.25) is 9.59 Å². The molecule has 1 rings (SSSR count). The number of carbonyl (C=O) groups excluding carboxylic acids is 2. The maximum Gasteiger partial charge on any atom is 0.326 e. The average molecular weight is 344 g/mol. The second-order valence-corrected chi connectivity index (χ2v) is 6.06. The van der Waals surface area contributed by atoms with Crippen molar-refractivity contribution in [2.45, 2.75) is 63.3 Å². The van der Waals surface area contributed by atoms with Crippen LogP contribution >= 0.6 is 0 Å². The Labute approximate surface area is 141 Å². The first-order valence-electron chi connectivity index (χ1n) is 8.32. The lowest BCUT2D eigenvalue weighted by Gasteiger charge is -2.24. The van der Waals surface area contributed by atoms with Crippen molar-refractivity contribution in [3.05, 3.63) is 0 Å². The van der Waals surface area contributed by atoms with Crippen LogP contribution in [0.2, 0.25) is 0 Å². The topological polar surface area (TPSA) is 154 Å². The highest BCUT2D eigenvalue weighted by atomic mass is 16.4. The van der Waals surface area contributed by atoms with E-state index >= 15 is 0 Å². The van der Waals surface area contributed by atoms with E-state index in [-0.39, 0.29) is 18.4 Å². The minimum absolute atomic E-state index is 0.239. The number of aliphatic hydroxyl groups is 1. The third kappa shape index (κ3) is 6.42. The van der Waals surface area contributed by atoms with E-state index in [9.17, 15) is 24.6 Å². The van der Waals surface area contributed by atoms with Gasteiger partial charge in [-0.1, -0.05) is 0 Å². The molecule has 0 radical (unpaired) electrons. The second-order valence-electron chi connectivity index (χ2n) is 6.06. The van der Waals surface area contributed by atoms with Crippen LogP contribution < -0.4 is 21.7 Å². The predicted octanol–water partition coefficient (Wildman–Crippen LogP) is -1.70. The van der Waals surface area contributed by atoms with Crippen LogP contribution in [0, 0.1) is 0 Å². The summed E-state index contributed by atoms with van der Waals surface area (Å²) in [6.45, 7) is 2.55. The summed E-state index contributed by atoms with van der Waals surface area (Å²) >= 11 is 0. The first kappa shape index (κ1) is 20.3. The maximum absolute atomic E-state index is 12.3. The first-order valence-corrected chi connectivity index (χ1v) is 8.32. The van der Waals surface area contributed by atoms with E-state index < -0.39 is 30.1 Å². The molecule has 0 aromatic heterocycles. The number of carboxylic acid groups (broad SMARTS) is 1. The van der Waals surface area contributed by atoms with Crippen molar-refractivity contribution in [2.75, 3.05) is 13.1 Å². The molecule has 1 saturated heterocycles. The smallest absolute Gasteiger partial charge is 0.326 e. The zero-order chi connectivity index (χ0) is 18.1. The van der Waals surface area contributed by atoms with Crippen molar-refractivity contribution in [1.82, 2.24) is 16.0 Å². The molecule has 9 nitrogen and oxygen atoms in total. The largest absolute Gasteiger partial charge is 0.480 e. The molecule has 7 N–H and O–H groups in total. The van der Waals surface area contributed by atoms with Gasteiger partial charge < -0.3 is 31.9 Å². The van der Waals surface area contributed by atoms with Gasteiger partial charge in [0.05, 0.1) is 12.1 Å². The summed E-state index contributed by atoms with van der Waals surface area (Å²) in [5, 5.41) is 26.8. The van der Waals surface area contributed by atoms with Gasteiger partial charge in [-0.25, -0.2) is 4.79 Å². The summed E-state index contributed by atoms with van der Waals surface area (Å²) in [6, 6.07) is -2.66. The Morgan fingerprint density at radius 1 is 1.29 bits per heavy atom. The van der Waals surface area contributed by atoms with Gasteiger partial charge in [0.25, 0.3) is 0 Å². The molecule has 0 bridgehead atoms. The van der Waals surface area contributed by atoms with Gasteiger partial charge in [0, 0.05) is 0 Å². The number of nitrogens with two attached hydrogens (primary N) is 1. The number of carboxylic acids is 1. The van der Waals surface area contributed by atoms with Crippen LogP contribution in [0.3, 0.4) is 0 Å². The quantitative estimate of drug-likeness (QED) is 0.258. The summed E-state index contributed by atoms with van der Waals surface area (Å²) in [5.41, 5.74) is 5.37. The Morgan fingerprint density at radius 3 is 2.50 bits per heavy atom. The summed E-state index contributed by atoms with van der Waals surface area (Å²) in [5.74, 6) is -2.24. The highest BCUT2D eigenvalue weighted by Crippen LogP contribution is 2.07. The standard InChI is InChI=1S/C15H28N4O5/c1-9(20)12(19-13(21)10-6-4-8-17-10)14(22)18-11(15(23)24)5-2-3-7-16/h9-12,17,20H,2-8,16H2,1H3,(H,18,22)(H,19,21)(H,23,24)/t9-,10+,11+,12+/m1/s1. The number of nitrogens with one attached hydrogen (secondary N) is 3. The summed E-state index contributed by atoms with van der Waals surface area (Å²) in [7, 11) is 0. The van der Waals surface area contributed by atoms with E-state index in [2.05, 4.69) is 16.0 Å². The first-order chi connectivity index (χ1) is 11.4. The zero-order valence-corrected chi connectivity index (χ0v) is 14.0. The highest BCUT2D eigenvalue weighted by molar-refractivity contribution is 5.92. The van der Waals surface area contributed by atoms with E-state index in [1.165, 1.54) is 6.92 Å². The third-order valence-electron chi connectivity index (χ3n) is 4.00. The Hall–Kier alpha value is -1.71. The van der Waals surface area contributed by atoms with Crippen molar-refractivity contribution in [1.29, 1.82) is 0 Å². The molecular weight excluding hydrogens is 316 g/mol. The van der Waals surface area contributed by atoms with Gasteiger partial charge in [-0.15, -0.1) is 0 Å². The molecule has 4 atom stereocenters. The third-order valence-corrected chi connectivity index (χ3v) is 4.00.